The topological polar surface area (TPSA) is 41.5 Å². The Morgan fingerprint density at radius 2 is 2.21 bits per heavy atom. The summed E-state index contributed by atoms with van der Waals surface area (Å²) >= 11 is 0. The van der Waals surface area contributed by atoms with Crippen LogP contribution in [-0.4, -0.2) is 24.9 Å². The standard InChI is InChI=1S/C16H25NO2/c1-12(2)15(11-18)10-17-9-13-5-6-16-14(8-13)4-3-7-19-16/h5-6,8,12,15,17-18H,3-4,7,9-11H2,1-2H3. The molecule has 1 heterocycles. The summed E-state index contributed by atoms with van der Waals surface area (Å²) in [5.74, 6) is 1.89. The summed E-state index contributed by atoms with van der Waals surface area (Å²) in [5, 5.41) is 12.7. The minimum atomic E-state index is 0.253. The number of hydrogen-bond donors (Lipinski definition) is 2. The monoisotopic (exact) mass is 263 g/mol. The van der Waals surface area contributed by atoms with E-state index in [0.717, 1.165) is 38.3 Å². The van der Waals surface area contributed by atoms with Gasteiger partial charge in [0.2, 0.25) is 0 Å². The highest BCUT2D eigenvalue weighted by atomic mass is 16.5. The minimum absolute atomic E-state index is 0.253. The van der Waals surface area contributed by atoms with Crippen molar-refractivity contribution in [3.05, 3.63) is 29.3 Å². The van der Waals surface area contributed by atoms with Crippen LogP contribution in [0.15, 0.2) is 18.2 Å². The van der Waals surface area contributed by atoms with E-state index < -0.39 is 0 Å². The molecule has 0 fully saturated rings. The van der Waals surface area contributed by atoms with Crippen molar-refractivity contribution in [2.75, 3.05) is 19.8 Å². The Morgan fingerprint density at radius 1 is 1.37 bits per heavy atom. The zero-order valence-corrected chi connectivity index (χ0v) is 12.0. The fraction of sp³-hybridized carbons (Fsp3) is 0.625. The van der Waals surface area contributed by atoms with E-state index in [-0.39, 0.29) is 6.61 Å². The largest absolute Gasteiger partial charge is 0.493 e. The van der Waals surface area contributed by atoms with Gasteiger partial charge in [0.1, 0.15) is 5.75 Å². The molecule has 1 aromatic carbocycles. The van der Waals surface area contributed by atoms with Crippen molar-refractivity contribution in [3.63, 3.8) is 0 Å². The van der Waals surface area contributed by atoms with Crippen LogP contribution < -0.4 is 10.1 Å². The summed E-state index contributed by atoms with van der Waals surface area (Å²) in [6, 6.07) is 6.45. The molecule has 1 aromatic rings. The van der Waals surface area contributed by atoms with Crippen LogP contribution in [0.25, 0.3) is 0 Å². The molecular weight excluding hydrogens is 238 g/mol. The molecule has 0 aromatic heterocycles. The quantitative estimate of drug-likeness (QED) is 0.828. The van der Waals surface area contributed by atoms with Crippen LogP contribution in [0.4, 0.5) is 0 Å². The van der Waals surface area contributed by atoms with E-state index in [1.54, 1.807) is 0 Å². The highest BCUT2D eigenvalue weighted by Gasteiger charge is 2.12. The molecule has 2 N–H and O–H groups in total. The molecule has 0 amide bonds. The van der Waals surface area contributed by atoms with Gasteiger partial charge in [-0.1, -0.05) is 26.0 Å². The molecule has 1 unspecified atom stereocenters. The van der Waals surface area contributed by atoms with Gasteiger partial charge >= 0.3 is 0 Å². The van der Waals surface area contributed by atoms with E-state index in [4.69, 9.17) is 4.74 Å². The van der Waals surface area contributed by atoms with Crippen LogP contribution >= 0.6 is 0 Å². The van der Waals surface area contributed by atoms with Crippen LogP contribution in [0.3, 0.4) is 0 Å². The van der Waals surface area contributed by atoms with Crippen LogP contribution in [0, 0.1) is 11.8 Å². The zero-order chi connectivity index (χ0) is 13.7. The van der Waals surface area contributed by atoms with E-state index >= 15 is 0 Å². The van der Waals surface area contributed by atoms with Gasteiger partial charge < -0.3 is 15.2 Å². The van der Waals surface area contributed by atoms with E-state index in [1.165, 1.54) is 11.1 Å². The maximum atomic E-state index is 9.30. The molecule has 0 saturated carbocycles. The van der Waals surface area contributed by atoms with E-state index in [1.807, 2.05) is 0 Å². The predicted molar refractivity (Wildman–Crippen MR) is 77.4 cm³/mol. The normalized spacial score (nSPS) is 16.0. The summed E-state index contributed by atoms with van der Waals surface area (Å²) in [7, 11) is 0. The van der Waals surface area contributed by atoms with E-state index in [2.05, 4.69) is 37.4 Å². The molecule has 106 valence electrons. The molecule has 0 saturated heterocycles. The maximum absolute atomic E-state index is 9.30. The second-order valence-electron chi connectivity index (χ2n) is 5.71. The molecule has 1 atom stereocenters. The van der Waals surface area contributed by atoms with Crippen molar-refractivity contribution >= 4 is 0 Å². The number of aliphatic hydroxyl groups excluding tert-OH is 1. The highest BCUT2D eigenvalue weighted by molar-refractivity contribution is 5.38. The van der Waals surface area contributed by atoms with E-state index in [9.17, 15) is 5.11 Å². The zero-order valence-electron chi connectivity index (χ0n) is 12.0. The Morgan fingerprint density at radius 3 is 2.95 bits per heavy atom. The average Bonchev–Trinajstić information content (AvgIpc) is 2.43. The van der Waals surface area contributed by atoms with Crippen LogP contribution in [0.2, 0.25) is 0 Å². The first-order valence-electron chi connectivity index (χ1n) is 7.27. The Kier molecular flexibility index (Phi) is 5.23. The molecular formula is C16H25NO2. The second kappa shape index (κ2) is 6.92. The first kappa shape index (κ1) is 14.4. The number of rotatable bonds is 6. The summed E-state index contributed by atoms with van der Waals surface area (Å²) < 4.78 is 5.62. The summed E-state index contributed by atoms with van der Waals surface area (Å²) in [4.78, 5) is 0. The molecule has 1 aliphatic heterocycles. The van der Waals surface area contributed by atoms with Crippen molar-refractivity contribution < 1.29 is 9.84 Å². The lowest BCUT2D eigenvalue weighted by atomic mass is 9.96. The number of fused-ring (bicyclic) bond motifs is 1. The summed E-state index contributed by atoms with van der Waals surface area (Å²) in [5.41, 5.74) is 2.62. The van der Waals surface area contributed by atoms with Gasteiger partial charge in [-0.15, -0.1) is 0 Å². The SMILES string of the molecule is CC(C)C(CO)CNCc1ccc2c(c1)CCCO2. The van der Waals surface area contributed by atoms with E-state index in [0.29, 0.717) is 11.8 Å². The summed E-state index contributed by atoms with van der Waals surface area (Å²) in [6.45, 7) is 7.12. The lowest BCUT2D eigenvalue weighted by Gasteiger charge is -2.20. The predicted octanol–water partition coefficient (Wildman–Crippen LogP) is 2.37. The molecule has 0 bridgehead atoms. The molecule has 1 aliphatic rings. The number of benzene rings is 1. The first-order valence-corrected chi connectivity index (χ1v) is 7.27. The Bertz CT molecular complexity index is 404. The number of nitrogens with one attached hydrogen (secondary N) is 1. The van der Waals surface area contributed by atoms with Gasteiger partial charge in [-0.3, -0.25) is 0 Å². The third kappa shape index (κ3) is 3.95. The lowest BCUT2D eigenvalue weighted by molar-refractivity contribution is 0.186. The van der Waals surface area contributed by atoms with Crippen LogP contribution in [0.1, 0.15) is 31.4 Å². The van der Waals surface area contributed by atoms with Crippen molar-refractivity contribution in [1.29, 1.82) is 0 Å². The Labute approximate surface area is 116 Å². The molecule has 0 aliphatic carbocycles. The lowest BCUT2D eigenvalue weighted by Crippen LogP contribution is -2.28. The van der Waals surface area contributed by atoms with Crippen molar-refractivity contribution in [3.8, 4) is 5.75 Å². The van der Waals surface area contributed by atoms with Crippen LogP contribution in [0.5, 0.6) is 5.75 Å². The smallest absolute Gasteiger partial charge is 0.122 e. The van der Waals surface area contributed by atoms with Gasteiger partial charge in [-0.05, 0) is 41.9 Å². The number of hydrogen-bond acceptors (Lipinski definition) is 3. The molecule has 3 heteroatoms. The van der Waals surface area contributed by atoms with Gasteiger partial charge in [-0.25, -0.2) is 0 Å². The third-order valence-corrected chi connectivity index (χ3v) is 3.89. The maximum Gasteiger partial charge on any atom is 0.122 e. The highest BCUT2D eigenvalue weighted by Crippen LogP contribution is 2.25. The number of aryl methyl sites for hydroxylation is 1. The average molecular weight is 263 g/mol. The number of ether oxygens (including phenoxy) is 1. The molecule has 0 radical (unpaired) electrons. The molecule has 0 spiro atoms. The minimum Gasteiger partial charge on any atom is -0.493 e. The third-order valence-electron chi connectivity index (χ3n) is 3.89. The Hall–Kier alpha value is -1.06. The van der Waals surface area contributed by atoms with Crippen LogP contribution in [-0.2, 0) is 13.0 Å². The second-order valence-corrected chi connectivity index (χ2v) is 5.71. The fourth-order valence-corrected chi connectivity index (χ4v) is 2.44. The van der Waals surface area contributed by atoms with Gasteiger partial charge in [0.05, 0.1) is 6.61 Å². The van der Waals surface area contributed by atoms with Crippen molar-refractivity contribution in [2.45, 2.75) is 33.2 Å². The van der Waals surface area contributed by atoms with Gasteiger partial charge in [0, 0.05) is 19.7 Å². The molecule has 2 rings (SSSR count). The van der Waals surface area contributed by atoms with Gasteiger partial charge in [-0.2, -0.15) is 0 Å². The fourth-order valence-electron chi connectivity index (χ4n) is 2.44. The van der Waals surface area contributed by atoms with Gasteiger partial charge in [0.15, 0.2) is 0 Å². The van der Waals surface area contributed by atoms with Gasteiger partial charge in [0.25, 0.3) is 0 Å². The van der Waals surface area contributed by atoms with Crippen molar-refractivity contribution in [1.82, 2.24) is 5.32 Å². The molecule has 19 heavy (non-hydrogen) atoms. The molecule has 3 nitrogen and oxygen atoms in total. The Balaban J connectivity index is 1.86. The first-order chi connectivity index (χ1) is 9.20. The number of aliphatic hydroxyl groups is 1. The van der Waals surface area contributed by atoms with Crippen molar-refractivity contribution in [2.24, 2.45) is 11.8 Å². The summed E-state index contributed by atoms with van der Waals surface area (Å²) in [6.07, 6.45) is 2.23.